The van der Waals surface area contributed by atoms with Gasteiger partial charge in [-0.15, -0.1) is 0 Å². The third kappa shape index (κ3) is 3.46. The van der Waals surface area contributed by atoms with Gasteiger partial charge >= 0.3 is 6.03 Å². The zero-order valence-electron chi connectivity index (χ0n) is 11.6. The lowest BCUT2D eigenvalue weighted by atomic mass is 9.84. The first kappa shape index (κ1) is 13.8. The predicted molar refractivity (Wildman–Crippen MR) is 73.6 cm³/mol. The zero-order valence-corrected chi connectivity index (χ0v) is 11.6. The number of rotatable bonds is 3. The fraction of sp³-hybridized carbons (Fsp3) is 0.533. The van der Waals surface area contributed by atoms with Crippen molar-refractivity contribution in [1.82, 2.24) is 10.2 Å². The van der Waals surface area contributed by atoms with Crippen molar-refractivity contribution in [2.24, 2.45) is 0 Å². The minimum Gasteiger partial charge on any atom is -0.337 e. The molecule has 1 aliphatic rings. The average Bonchev–Trinajstić information content (AvgIpc) is 2.90. The van der Waals surface area contributed by atoms with E-state index in [0.29, 0.717) is 6.54 Å². The summed E-state index contributed by atoms with van der Waals surface area (Å²) in [5.41, 5.74) is 0.818. The molecule has 104 valence electrons. The normalized spacial score (nSPS) is 15.6. The lowest BCUT2D eigenvalue weighted by molar-refractivity contribution is 0.206. The van der Waals surface area contributed by atoms with Crippen molar-refractivity contribution in [3.63, 3.8) is 0 Å². The van der Waals surface area contributed by atoms with E-state index in [1.54, 1.807) is 12.1 Å². The van der Waals surface area contributed by atoms with E-state index < -0.39 is 0 Å². The molecule has 2 amide bonds. The highest BCUT2D eigenvalue weighted by molar-refractivity contribution is 5.74. The molecule has 1 aromatic rings. The van der Waals surface area contributed by atoms with Crippen LogP contribution in [0.2, 0.25) is 0 Å². The van der Waals surface area contributed by atoms with E-state index in [1.165, 1.54) is 12.1 Å². The Hall–Kier alpha value is -1.58. The summed E-state index contributed by atoms with van der Waals surface area (Å²) in [6.45, 7) is 6.34. The largest absolute Gasteiger partial charge is 0.337 e. The second kappa shape index (κ2) is 5.59. The molecule has 0 aliphatic carbocycles. The van der Waals surface area contributed by atoms with Crippen LogP contribution in [0.5, 0.6) is 0 Å². The molecule has 1 N–H and O–H groups in total. The maximum Gasteiger partial charge on any atom is 0.317 e. The highest BCUT2D eigenvalue weighted by Crippen LogP contribution is 2.22. The van der Waals surface area contributed by atoms with Gasteiger partial charge in [0.2, 0.25) is 0 Å². The molecule has 4 heteroatoms. The van der Waals surface area contributed by atoms with Gasteiger partial charge in [0.15, 0.2) is 0 Å². The lowest BCUT2D eigenvalue weighted by Crippen LogP contribution is -2.43. The first-order valence-corrected chi connectivity index (χ1v) is 6.78. The number of benzene rings is 1. The number of carbonyl (C=O) groups is 1. The summed E-state index contributed by atoms with van der Waals surface area (Å²) in [6.07, 6.45) is 2.18. The van der Waals surface area contributed by atoms with E-state index in [2.05, 4.69) is 5.32 Å². The summed E-state index contributed by atoms with van der Waals surface area (Å²) in [7, 11) is 0. The van der Waals surface area contributed by atoms with Crippen molar-refractivity contribution in [2.75, 3.05) is 19.6 Å². The first-order valence-electron chi connectivity index (χ1n) is 6.78. The van der Waals surface area contributed by atoms with E-state index in [4.69, 9.17) is 0 Å². The Morgan fingerprint density at radius 1 is 1.26 bits per heavy atom. The van der Waals surface area contributed by atoms with E-state index in [9.17, 15) is 9.18 Å². The maximum absolute atomic E-state index is 12.9. The molecule has 0 spiro atoms. The molecule has 1 aliphatic heterocycles. The smallest absolute Gasteiger partial charge is 0.317 e. The predicted octanol–water partition coefficient (Wildman–Crippen LogP) is 2.91. The van der Waals surface area contributed by atoms with Gasteiger partial charge in [0.25, 0.3) is 0 Å². The Labute approximate surface area is 113 Å². The van der Waals surface area contributed by atoms with Gasteiger partial charge in [-0.05, 0) is 30.5 Å². The number of likely N-dealkylation sites (tertiary alicyclic amines) is 1. The van der Waals surface area contributed by atoms with E-state index >= 15 is 0 Å². The molecular formula is C15H21FN2O. The molecule has 19 heavy (non-hydrogen) atoms. The fourth-order valence-electron chi connectivity index (χ4n) is 2.33. The van der Waals surface area contributed by atoms with E-state index in [1.807, 2.05) is 18.7 Å². The van der Waals surface area contributed by atoms with Crippen molar-refractivity contribution in [3.05, 3.63) is 35.6 Å². The quantitative estimate of drug-likeness (QED) is 0.894. The summed E-state index contributed by atoms with van der Waals surface area (Å²) < 4.78 is 12.9. The number of nitrogens with zero attached hydrogens (tertiary/aromatic N) is 1. The molecular weight excluding hydrogens is 243 g/mol. The number of hydrogen-bond donors (Lipinski definition) is 1. The second-order valence-corrected chi connectivity index (χ2v) is 5.74. The van der Waals surface area contributed by atoms with Crippen LogP contribution in [0.3, 0.4) is 0 Å². The molecule has 0 saturated carbocycles. The summed E-state index contributed by atoms with van der Waals surface area (Å²) in [5.74, 6) is -0.236. The monoisotopic (exact) mass is 264 g/mol. The summed E-state index contributed by atoms with van der Waals surface area (Å²) in [4.78, 5) is 13.8. The number of nitrogens with one attached hydrogen (secondary N) is 1. The van der Waals surface area contributed by atoms with Crippen molar-refractivity contribution < 1.29 is 9.18 Å². The van der Waals surface area contributed by atoms with E-state index in [0.717, 1.165) is 31.5 Å². The van der Waals surface area contributed by atoms with Crippen LogP contribution in [0.1, 0.15) is 32.3 Å². The average molecular weight is 264 g/mol. The van der Waals surface area contributed by atoms with Crippen molar-refractivity contribution in [1.29, 1.82) is 0 Å². The van der Waals surface area contributed by atoms with Crippen molar-refractivity contribution >= 4 is 6.03 Å². The summed E-state index contributed by atoms with van der Waals surface area (Å²) >= 11 is 0. The third-order valence-corrected chi connectivity index (χ3v) is 3.70. The Kier molecular flexibility index (Phi) is 4.08. The summed E-state index contributed by atoms with van der Waals surface area (Å²) in [5, 5.41) is 2.97. The van der Waals surface area contributed by atoms with Gasteiger partial charge in [-0.25, -0.2) is 9.18 Å². The number of halogens is 1. The van der Waals surface area contributed by atoms with Gasteiger partial charge in [0.1, 0.15) is 5.82 Å². The first-order chi connectivity index (χ1) is 8.99. The van der Waals surface area contributed by atoms with Gasteiger partial charge in [0.05, 0.1) is 0 Å². The molecule has 0 unspecified atom stereocenters. The molecule has 0 radical (unpaired) electrons. The zero-order chi connectivity index (χ0) is 13.9. The van der Waals surface area contributed by atoms with Gasteiger partial charge in [-0.3, -0.25) is 0 Å². The molecule has 1 saturated heterocycles. The molecule has 1 heterocycles. The van der Waals surface area contributed by atoms with Crippen molar-refractivity contribution in [2.45, 2.75) is 32.1 Å². The highest BCUT2D eigenvalue weighted by Gasteiger charge is 2.24. The van der Waals surface area contributed by atoms with Crippen LogP contribution in [0.15, 0.2) is 24.3 Å². The number of amides is 2. The van der Waals surface area contributed by atoms with E-state index in [-0.39, 0.29) is 17.3 Å². The van der Waals surface area contributed by atoms with Gasteiger partial charge < -0.3 is 10.2 Å². The number of carbonyl (C=O) groups excluding carboxylic acids is 1. The van der Waals surface area contributed by atoms with Gasteiger partial charge in [0, 0.05) is 25.0 Å². The van der Waals surface area contributed by atoms with Gasteiger partial charge in [-0.2, -0.15) is 0 Å². The SMILES string of the molecule is CC(C)(CNC(=O)N1CCCC1)c1ccc(F)cc1. The molecule has 2 rings (SSSR count). The van der Waals surface area contributed by atoms with Crippen LogP contribution < -0.4 is 5.32 Å². The van der Waals surface area contributed by atoms with Crippen LogP contribution in [-0.4, -0.2) is 30.6 Å². The molecule has 3 nitrogen and oxygen atoms in total. The Balaban J connectivity index is 1.93. The minimum absolute atomic E-state index is 0.00712. The Morgan fingerprint density at radius 2 is 1.84 bits per heavy atom. The third-order valence-electron chi connectivity index (χ3n) is 3.70. The van der Waals surface area contributed by atoms with Crippen LogP contribution in [0, 0.1) is 5.82 Å². The van der Waals surface area contributed by atoms with Crippen LogP contribution in [-0.2, 0) is 5.41 Å². The Morgan fingerprint density at radius 3 is 2.42 bits per heavy atom. The van der Waals surface area contributed by atoms with Crippen LogP contribution >= 0.6 is 0 Å². The standard InChI is InChI=1S/C15H21FN2O/c1-15(2,12-5-7-13(16)8-6-12)11-17-14(19)18-9-3-4-10-18/h5-8H,3-4,9-11H2,1-2H3,(H,17,19). The van der Waals surface area contributed by atoms with Crippen LogP contribution in [0.25, 0.3) is 0 Å². The molecule has 0 aromatic heterocycles. The maximum atomic E-state index is 12.9. The molecule has 0 bridgehead atoms. The topological polar surface area (TPSA) is 32.3 Å². The minimum atomic E-state index is -0.236. The molecule has 1 fully saturated rings. The molecule has 1 aromatic carbocycles. The lowest BCUT2D eigenvalue weighted by Gasteiger charge is -2.27. The highest BCUT2D eigenvalue weighted by atomic mass is 19.1. The summed E-state index contributed by atoms with van der Waals surface area (Å²) in [6, 6.07) is 6.47. The second-order valence-electron chi connectivity index (χ2n) is 5.74. The number of hydrogen-bond acceptors (Lipinski definition) is 1. The Bertz CT molecular complexity index is 436. The van der Waals surface area contributed by atoms with Crippen molar-refractivity contribution in [3.8, 4) is 0 Å². The molecule has 0 atom stereocenters. The number of urea groups is 1. The van der Waals surface area contributed by atoms with Crippen LogP contribution in [0.4, 0.5) is 9.18 Å². The van der Waals surface area contributed by atoms with Gasteiger partial charge in [-0.1, -0.05) is 26.0 Å². The fourth-order valence-corrected chi connectivity index (χ4v) is 2.33.